The number of amides is 2. The van der Waals surface area contributed by atoms with Gasteiger partial charge in [0.25, 0.3) is 0 Å². The molecule has 0 saturated carbocycles. The standard InChI is InChI=1S/C17H26N2O5/c1-17(2,3)24-16(21)19-11-15(20)18-9-8-12-6-7-13(22-4)14(10-12)23-5/h6-7,10H,8-9,11H2,1-5H3,(H,18,20)(H,19,21). The molecule has 2 amide bonds. The molecule has 134 valence electrons. The molecule has 0 bridgehead atoms. The fourth-order valence-electron chi connectivity index (χ4n) is 1.91. The minimum Gasteiger partial charge on any atom is -0.493 e. The van der Waals surface area contributed by atoms with Crippen molar-refractivity contribution in [2.45, 2.75) is 32.8 Å². The summed E-state index contributed by atoms with van der Waals surface area (Å²) in [6, 6.07) is 5.59. The molecular weight excluding hydrogens is 312 g/mol. The minimum atomic E-state index is -0.613. The average Bonchev–Trinajstić information content (AvgIpc) is 2.51. The second kappa shape index (κ2) is 9.00. The first-order chi connectivity index (χ1) is 11.2. The lowest BCUT2D eigenvalue weighted by atomic mass is 10.1. The highest BCUT2D eigenvalue weighted by Gasteiger charge is 2.16. The van der Waals surface area contributed by atoms with Crippen molar-refractivity contribution >= 4 is 12.0 Å². The van der Waals surface area contributed by atoms with E-state index >= 15 is 0 Å². The van der Waals surface area contributed by atoms with Crippen LogP contribution < -0.4 is 20.1 Å². The van der Waals surface area contributed by atoms with Gasteiger partial charge in [-0.1, -0.05) is 6.07 Å². The van der Waals surface area contributed by atoms with Crippen LogP contribution >= 0.6 is 0 Å². The van der Waals surface area contributed by atoms with E-state index in [1.54, 1.807) is 35.0 Å². The second-order valence-electron chi connectivity index (χ2n) is 6.14. The van der Waals surface area contributed by atoms with E-state index in [9.17, 15) is 9.59 Å². The molecule has 0 radical (unpaired) electrons. The molecule has 0 atom stereocenters. The van der Waals surface area contributed by atoms with Crippen LogP contribution in [0.3, 0.4) is 0 Å². The Morgan fingerprint density at radius 1 is 1.04 bits per heavy atom. The van der Waals surface area contributed by atoms with Crippen LogP contribution in [0.1, 0.15) is 26.3 Å². The normalized spacial score (nSPS) is 10.7. The van der Waals surface area contributed by atoms with Crippen molar-refractivity contribution in [2.75, 3.05) is 27.3 Å². The maximum Gasteiger partial charge on any atom is 0.408 e. The van der Waals surface area contributed by atoms with Gasteiger partial charge in [0.05, 0.1) is 20.8 Å². The highest BCUT2D eigenvalue weighted by atomic mass is 16.6. The molecule has 7 heteroatoms. The predicted octanol–water partition coefficient (Wildman–Crippen LogP) is 1.89. The topological polar surface area (TPSA) is 85.9 Å². The summed E-state index contributed by atoms with van der Waals surface area (Å²) in [5.74, 6) is 1.03. The highest BCUT2D eigenvalue weighted by Crippen LogP contribution is 2.27. The van der Waals surface area contributed by atoms with Crippen molar-refractivity contribution in [2.24, 2.45) is 0 Å². The van der Waals surface area contributed by atoms with E-state index in [0.29, 0.717) is 24.5 Å². The molecule has 0 aliphatic rings. The minimum absolute atomic E-state index is 0.124. The molecule has 1 rings (SSSR count). The first-order valence-electron chi connectivity index (χ1n) is 7.69. The summed E-state index contributed by atoms with van der Waals surface area (Å²) in [7, 11) is 3.15. The first kappa shape index (κ1) is 19.6. The zero-order valence-corrected chi connectivity index (χ0v) is 14.9. The zero-order chi connectivity index (χ0) is 18.2. The Morgan fingerprint density at radius 3 is 2.29 bits per heavy atom. The fourth-order valence-corrected chi connectivity index (χ4v) is 1.91. The van der Waals surface area contributed by atoms with Crippen LogP contribution in [0.15, 0.2) is 18.2 Å². The van der Waals surface area contributed by atoms with Gasteiger partial charge in [-0.2, -0.15) is 0 Å². The number of hydrogen-bond donors (Lipinski definition) is 2. The van der Waals surface area contributed by atoms with Crippen LogP contribution in [0, 0.1) is 0 Å². The molecule has 2 N–H and O–H groups in total. The molecule has 24 heavy (non-hydrogen) atoms. The van der Waals surface area contributed by atoms with Crippen molar-refractivity contribution in [3.63, 3.8) is 0 Å². The van der Waals surface area contributed by atoms with Crippen LogP contribution in [0.5, 0.6) is 11.5 Å². The third-order valence-corrected chi connectivity index (χ3v) is 2.98. The van der Waals surface area contributed by atoms with Crippen molar-refractivity contribution in [3.05, 3.63) is 23.8 Å². The van der Waals surface area contributed by atoms with Crippen molar-refractivity contribution < 1.29 is 23.8 Å². The lowest BCUT2D eigenvalue weighted by Crippen LogP contribution is -2.40. The summed E-state index contributed by atoms with van der Waals surface area (Å²) in [5.41, 5.74) is 0.418. The maximum absolute atomic E-state index is 11.7. The van der Waals surface area contributed by atoms with E-state index in [4.69, 9.17) is 14.2 Å². The van der Waals surface area contributed by atoms with Gasteiger partial charge in [-0.3, -0.25) is 4.79 Å². The summed E-state index contributed by atoms with van der Waals surface area (Å²) >= 11 is 0. The first-order valence-corrected chi connectivity index (χ1v) is 7.69. The Morgan fingerprint density at radius 2 is 1.71 bits per heavy atom. The largest absolute Gasteiger partial charge is 0.493 e. The van der Waals surface area contributed by atoms with E-state index in [1.807, 2.05) is 18.2 Å². The van der Waals surface area contributed by atoms with Crippen LogP contribution in [0.2, 0.25) is 0 Å². The van der Waals surface area contributed by atoms with Crippen LogP contribution in [0.4, 0.5) is 4.79 Å². The number of methoxy groups -OCH3 is 2. The van der Waals surface area contributed by atoms with Gasteiger partial charge in [0.15, 0.2) is 11.5 Å². The Hall–Kier alpha value is -2.44. The number of benzene rings is 1. The molecule has 0 aromatic heterocycles. The summed E-state index contributed by atoms with van der Waals surface area (Å²) in [5, 5.41) is 5.15. The molecular formula is C17H26N2O5. The van der Waals surface area contributed by atoms with Gasteiger partial charge >= 0.3 is 6.09 Å². The van der Waals surface area contributed by atoms with Gasteiger partial charge in [0.2, 0.25) is 5.91 Å². The number of alkyl carbamates (subject to hydrolysis) is 1. The van der Waals surface area contributed by atoms with Crippen LogP contribution in [-0.4, -0.2) is 44.9 Å². The molecule has 0 spiro atoms. The Kier molecular flexibility index (Phi) is 7.35. The van der Waals surface area contributed by atoms with Gasteiger partial charge in [-0.05, 0) is 44.9 Å². The highest BCUT2D eigenvalue weighted by molar-refractivity contribution is 5.82. The fraction of sp³-hybridized carbons (Fsp3) is 0.529. The van der Waals surface area contributed by atoms with E-state index in [1.165, 1.54) is 0 Å². The second-order valence-corrected chi connectivity index (χ2v) is 6.14. The predicted molar refractivity (Wildman–Crippen MR) is 90.5 cm³/mol. The molecule has 7 nitrogen and oxygen atoms in total. The van der Waals surface area contributed by atoms with Gasteiger partial charge in [0.1, 0.15) is 5.60 Å². The lowest BCUT2D eigenvalue weighted by molar-refractivity contribution is -0.120. The molecule has 1 aromatic carbocycles. The van der Waals surface area contributed by atoms with Crippen LogP contribution in [0.25, 0.3) is 0 Å². The third kappa shape index (κ3) is 7.21. The van der Waals surface area contributed by atoms with Crippen molar-refractivity contribution in [1.82, 2.24) is 10.6 Å². The number of carbonyl (C=O) groups is 2. The molecule has 1 aromatic rings. The quantitative estimate of drug-likeness (QED) is 0.793. The van der Waals surface area contributed by atoms with E-state index in [-0.39, 0.29) is 12.5 Å². The molecule has 0 fully saturated rings. The van der Waals surface area contributed by atoms with Crippen LogP contribution in [-0.2, 0) is 16.0 Å². The molecule has 0 heterocycles. The Balaban J connectivity index is 2.34. The zero-order valence-electron chi connectivity index (χ0n) is 14.9. The van der Waals surface area contributed by atoms with Gasteiger partial charge in [-0.15, -0.1) is 0 Å². The van der Waals surface area contributed by atoms with Crippen molar-refractivity contribution in [3.8, 4) is 11.5 Å². The molecule has 0 saturated heterocycles. The van der Waals surface area contributed by atoms with Gasteiger partial charge in [-0.25, -0.2) is 4.79 Å². The Labute approximate surface area is 142 Å². The monoisotopic (exact) mass is 338 g/mol. The summed E-state index contributed by atoms with van der Waals surface area (Å²) in [6.45, 7) is 5.60. The number of rotatable bonds is 7. The van der Waals surface area contributed by atoms with Gasteiger partial charge < -0.3 is 24.8 Å². The van der Waals surface area contributed by atoms with E-state index < -0.39 is 11.7 Å². The van der Waals surface area contributed by atoms with E-state index in [2.05, 4.69) is 10.6 Å². The molecule has 0 unspecified atom stereocenters. The number of hydrogen-bond acceptors (Lipinski definition) is 5. The van der Waals surface area contributed by atoms with E-state index in [0.717, 1.165) is 5.56 Å². The smallest absolute Gasteiger partial charge is 0.408 e. The number of carbonyl (C=O) groups excluding carboxylic acids is 2. The molecule has 0 aliphatic heterocycles. The third-order valence-electron chi connectivity index (χ3n) is 2.98. The molecule has 0 aliphatic carbocycles. The van der Waals surface area contributed by atoms with Crippen molar-refractivity contribution in [1.29, 1.82) is 0 Å². The lowest BCUT2D eigenvalue weighted by Gasteiger charge is -2.19. The number of nitrogens with one attached hydrogen (secondary N) is 2. The maximum atomic E-state index is 11.7. The average molecular weight is 338 g/mol. The summed E-state index contributed by atoms with van der Waals surface area (Å²) < 4.78 is 15.5. The van der Waals surface area contributed by atoms with Gasteiger partial charge in [0, 0.05) is 6.54 Å². The number of ether oxygens (including phenoxy) is 3. The summed E-state index contributed by atoms with van der Waals surface area (Å²) in [6.07, 6.45) is 0.0240. The summed E-state index contributed by atoms with van der Waals surface area (Å²) in [4.78, 5) is 23.2. The Bertz CT molecular complexity index is 567. The SMILES string of the molecule is COc1ccc(CCNC(=O)CNC(=O)OC(C)(C)C)cc1OC.